The zero-order chi connectivity index (χ0) is 19.8. The van der Waals surface area contributed by atoms with E-state index >= 15 is 0 Å². The predicted octanol–water partition coefficient (Wildman–Crippen LogP) is 8.31. The molecule has 0 heterocycles. The van der Waals surface area contributed by atoms with E-state index in [9.17, 15) is 0 Å². The van der Waals surface area contributed by atoms with Crippen LogP contribution in [0.25, 0.3) is 0 Å². The number of rotatable bonds is 10. The molecule has 148 valence electrons. The van der Waals surface area contributed by atoms with Gasteiger partial charge in [0.15, 0.2) is 0 Å². The molecule has 0 unspecified atom stereocenters. The maximum Gasteiger partial charge on any atom is 0.0187 e. The Hall–Kier alpha value is -0.510. The monoisotopic (exact) mass is 418 g/mol. The Morgan fingerprint density at radius 1 is 0.519 bits per heavy atom. The fraction of sp³-hybridized carbons (Fsp3) is 0.500. The highest BCUT2D eigenvalue weighted by Crippen LogP contribution is 2.41. The zero-order valence-corrected chi connectivity index (χ0v) is 20.2. The molecule has 0 saturated carbocycles. The van der Waals surface area contributed by atoms with Gasteiger partial charge in [0, 0.05) is 19.6 Å². The number of aryl methyl sites for hydroxylation is 4. The first-order valence-corrected chi connectivity index (χ1v) is 13.1. The summed E-state index contributed by atoms with van der Waals surface area (Å²) < 4.78 is 0. The fourth-order valence-corrected chi connectivity index (χ4v) is 6.47. The van der Waals surface area contributed by atoms with Crippen LogP contribution in [0, 0.1) is 0 Å². The van der Waals surface area contributed by atoms with Gasteiger partial charge in [0.1, 0.15) is 0 Å². The molecule has 2 aromatic rings. The van der Waals surface area contributed by atoms with Crippen LogP contribution in [0.5, 0.6) is 0 Å². The second-order valence-corrected chi connectivity index (χ2v) is 10.2. The van der Waals surface area contributed by atoms with Gasteiger partial charge in [0.25, 0.3) is 0 Å². The average molecular weight is 419 g/mol. The molecule has 0 saturated heterocycles. The minimum atomic E-state index is 1.10. The second-order valence-electron chi connectivity index (χ2n) is 6.52. The molecule has 0 bridgehead atoms. The van der Waals surface area contributed by atoms with Crippen LogP contribution >= 0.6 is 35.3 Å². The molecular formula is C24H34S3. The van der Waals surface area contributed by atoms with Gasteiger partial charge in [-0.15, -0.1) is 23.5 Å². The molecule has 0 radical (unpaired) electrons. The lowest BCUT2D eigenvalue weighted by atomic mass is 10.1. The Labute approximate surface area is 179 Å². The standard InChI is InChI=1S/C24H34S3/c1-7-17-13-21(25-11-5)14-18(8-2)23(17)27-24-19(9-3)15-22(26-12-6)16-20(24)10-4/h13-16H,7-12H2,1-6H3. The Bertz CT molecular complexity index is 636. The summed E-state index contributed by atoms with van der Waals surface area (Å²) in [6.45, 7) is 13.6. The van der Waals surface area contributed by atoms with E-state index in [1.807, 2.05) is 35.3 Å². The highest BCUT2D eigenvalue weighted by molar-refractivity contribution is 8.00. The van der Waals surface area contributed by atoms with Crippen molar-refractivity contribution < 1.29 is 0 Å². The zero-order valence-electron chi connectivity index (χ0n) is 17.8. The maximum atomic E-state index is 2.42. The minimum absolute atomic E-state index is 1.10. The second kappa shape index (κ2) is 11.5. The van der Waals surface area contributed by atoms with Crippen molar-refractivity contribution in [3.8, 4) is 0 Å². The van der Waals surface area contributed by atoms with E-state index in [0.29, 0.717) is 0 Å². The summed E-state index contributed by atoms with van der Waals surface area (Å²) in [5, 5.41) is 0. The van der Waals surface area contributed by atoms with Crippen molar-refractivity contribution in [1.82, 2.24) is 0 Å². The van der Waals surface area contributed by atoms with E-state index in [-0.39, 0.29) is 0 Å². The molecule has 0 spiro atoms. The van der Waals surface area contributed by atoms with Crippen LogP contribution in [0.3, 0.4) is 0 Å². The van der Waals surface area contributed by atoms with E-state index < -0.39 is 0 Å². The van der Waals surface area contributed by atoms with Crippen molar-refractivity contribution in [3.63, 3.8) is 0 Å². The van der Waals surface area contributed by atoms with Crippen molar-refractivity contribution >= 4 is 35.3 Å². The summed E-state index contributed by atoms with van der Waals surface area (Å²) in [6, 6.07) is 9.70. The fourth-order valence-electron chi connectivity index (χ4n) is 3.36. The largest absolute Gasteiger partial charge is 0.126 e. The summed E-state index contributed by atoms with van der Waals surface area (Å²) >= 11 is 5.95. The molecule has 3 heteroatoms. The lowest BCUT2D eigenvalue weighted by Crippen LogP contribution is -1.99. The van der Waals surface area contributed by atoms with Gasteiger partial charge in [0.05, 0.1) is 0 Å². The lowest BCUT2D eigenvalue weighted by Gasteiger charge is -2.19. The first-order valence-electron chi connectivity index (χ1n) is 10.4. The van der Waals surface area contributed by atoms with Crippen LogP contribution in [0.4, 0.5) is 0 Å². The van der Waals surface area contributed by atoms with Gasteiger partial charge in [-0.1, -0.05) is 53.3 Å². The van der Waals surface area contributed by atoms with E-state index in [4.69, 9.17) is 0 Å². The third-order valence-corrected chi connectivity index (χ3v) is 7.95. The van der Waals surface area contributed by atoms with Gasteiger partial charge in [-0.3, -0.25) is 0 Å². The Morgan fingerprint density at radius 3 is 1.04 bits per heavy atom. The molecule has 0 amide bonds. The number of thioether (sulfide) groups is 2. The van der Waals surface area contributed by atoms with Gasteiger partial charge in [-0.05, 0) is 83.7 Å². The van der Waals surface area contributed by atoms with Crippen molar-refractivity contribution in [1.29, 1.82) is 0 Å². The van der Waals surface area contributed by atoms with Crippen molar-refractivity contribution in [3.05, 3.63) is 46.5 Å². The minimum Gasteiger partial charge on any atom is -0.126 e. The topological polar surface area (TPSA) is 0 Å². The van der Waals surface area contributed by atoms with Gasteiger partial charge >= 0.3 is 0 Å². The summed E-state index contributed by atoms with van der Waals surface area (Å²) in [7, 11) is 0. The van der Waals surface area contributed by atoms with Crippen LogP contribution in [0.2, 0.25) is 0 Å². The van der Waals surface area contributed by atoms with Crippen LogP contribution in [-0.4, -0.2) is 11.5 Å². The van der Waals surface area contributed by atoms with E-state index in [2.05, 4.69) is 65.8 Å². The Morgan fingerprint density at radius 2 is 0.815 bits per heavy atom. The smallest absolute Gasteiger partial charge is 0.0187 e. The highest BCUT2D eigenvalue weighted by atomic mass is 32.2. The van der Waals surface area contributed by atoms with Crippen molar-refractivity contribution in [2.75, 3.05) is 11.5 Å². The molecule has 2 rings (SSSR count). The van der Waals surface area contributed by atoms with Crippen LogP contribution < -0.4 is 0 Å². The van der Waals surface area contributed by atoms with E-state index in [0.717, 1.165) is 37.2 Å². The van der Waals surface area contributed by atoms with Crippen LogP contribution in [-0.2, 0) is 25.7 Å². The van der Waals surface area contributed by atoms with Crippen LogP contribution in [0.15, 0.2) is 43.8 Å². The summed E-state index contributed by atoms with van der Waals surface area (Å²) in [4.78, 5) is 5.86. The third kappa shape index (κ3) is 5.74. The molecule has 0 aliphatic heterocycles. The third-order valence-electron chi connectivity index (χ3n) is 4.78. The van der Waals surface area contributed by atoms with Crippen molar-refractivity contribution in [2.45, 2.75) is 86.8 Å². The van der Waals surface area contributed by atoms with Gasteiger partial charge in [-0.2, -0.15) is 0 Å². The van der Waals surface area contributed by atoms with E-state index in [1.165, 1.54) is 41.8 Å². The first-order chi connectivity index (χ1) is 13.1. The Kier molecular flexibility index (Phi) is 9.69. The van der Waals surface area contributed by atoms with Gasteiger partial charge in [-0.25, -0.2) is 0 Å². The number of hydrogen-bond acceptors (Lipinski definition) is 3. The molecule has 0 aliphatic rings. The Balaban J connectivity index is 2.55. The molecular weight excluding hydrogens is 384 g/mol. The number of benzene rings is 2. The van der Waals surface area contributed by atoms with Gasteiger partial charge in [0.2, 0.25) is 0 Å². The number of hydrogen-bond donors (Lipinski definition) is 0. The lowest BCUT2D eigenvalue weighted by molar-refractivity contribution is 0.969. The predicted molar refractivity (Wildman–Crippen MR) is 127 cm³/mol. The summed E-state index contributed by atoms with van der Waals surface area (Å²) in [6.07, 6.45) is 4.39. The maximum absolute atomic E-state index is 2.42. The highest BCUT2D eigenvalue weighted by Gasteiger charge is 2.16. The van der Waals surface area contributed by atoms with Crippen LogP contribution in [0.1, 0.15) is 63.8 Å². The quantitative estimate of drug-likeness (QED) is 0.356. The molecule has 0 aliphatic carbocycles. The SMILES string of the molecule is CCSc1cc(CC)c(Sc2c(CC)cc(SCC)cc2CC)c(CC)c1. The summed E-state index contributed by atoms with van der Waals surface area (Å²) in [5.41, 5.74) is 6.02. The molecule has 0 nitrogen and oxygen atoms in total. The molecule has 0 aromatic heterocycles. The molecule has 0 atom stereocenters. The molecule has 2 aromatic carbocycles. The molecule has 0 N–H and O–H groups in total. The normalized spacial score (nSPS) is 11.2. The first kappa shape index (κ1) is 22.8. The average Bonchev–Trinajstić information content (AvgIpc) is 2.69. The van der Waals surface area contributed by atoms with Gasteiger partial charge < -0.3 is 0 Å². The summed E-state index contributed by atoms with van der Waals surface area (Å²) in [5.74, 6) is 2.27. The van der Waals surface area contributed by atoms with Crippen molar-refractivity contribution in [2.24, 2.45) is 0 Å². The molecule has 0 fully saturated rings. The van der Waals surface area contributed by atoms with E-state index in [1.54, 1.807) is 0 Å². The molecule has 27 heavy (non-hydrogen) atoms.